The fourth-order valence-electron chi connectivity index (χ4n) is 0.803. The normalized spacial score (nSPS) is 29.0. The van der Waals surface area contributed by atoms with Crippen molar-refractivity contribution >= 4 is 16.9 Å². The zero-order valence-electron chi connectivity index (χ0n) is 6.55. The summed E-state index contributed by atoms with van der Waals surface area (Å²) in [6.45, 7) is 5.29. The van der Waals surface area contributed by atoms with E-state index in [2.05, 4.69) is 24.2 Å². The summed E-state index contributed by atoms with van der Waals surface area (Å²) < 4.78 is 0. The lowest BCUT2D eigenvalue weighted by Gasteiger charge is -1.99. The van der Waals surface area contributed by atoms with Gasteiger partial charge in [-0.15, -0.1) is 0 Å². The molecular formula is C7H14N2S. The molecular weight excluding hydrogens is 144 g/mol. The summed E-state index contributed by atoms with van der Waals surface area (Å²) in [6, 6.07) is 0.612. The zero-order chi connectivity index (χ0) is 7.40. The topological polar surface area (TPSA) is 24.4 Å². The van der Waals surface area contributed by atoms with Gasteiger partial charge < -0.3 is 5.32 Å². The lowest BCUT2D eigenvalue weighted by atomic mass is 10.4. The van der Waals surface area contributed by atoms with Gasteiger partial charge in [-0.3, -0.25) is 4.99 Å². The van der Waals surface area contributed by atoms with Crippen molar-refractivity contribution in [3.05, 3.63) is 0 Å². The highest BCUT2D eigenvalue weighted by Gasteiger charge is 2.14. The molecule has 58 valence electrons. The number of rotatable bonds is 2. The molecule has 1 aliphatic heterocycles. The molecule has 1 heterocycles. The fraction of sp³-hybridized carbons (Fsp3) is 0.857. The Kier molecular flexibility index (Phi) is 3.06. The summed E-state index contributed by atoms with van der Waals surface area (Å²) in [5, 5.41) is 4.44. The Bertz CT molecular complexity index is 134. The minimum absolute atomic E-state index is 0.612. The first-order chi connectivity index (χ1) is 4.83. The maximum atomic E-state index is 4.36. The smallest absolute Gasteiger partial charge is 0.156 e. The molecule has 1 aliphatic rings. The second-order valence-electron chi connectivity index (χ2n) is 2.54. The number of aliphatic imine (C=N–C) groups is 1. The summed E-state index contributed by atoms with van der Waals surface area (Å²) in [5.41, 5.74) is 0. The van der Waals surface area contributed by atoms with Crippen molar-refractivity contribution in [2.24, 2.45) is 4.99 Å². The monoisotopic (exact) mass is 158 g/mol. The minimum atomic E-state index is 0.612. The second kappa shape index (κ2) is 3.86. The van der Waals surface area contributed by atoms with Gasteiger partial charge in [-0.05, 0) is 13.3 Å². The highest BCUT2D eigenvalue weighted by molar-refractivity contribution is 8.14. The molecule has 10 heavy (non-hydrogen) atoms. The van der Waals surface area contributed by atoms with Gasteiger partial charge in [-0.25, -0.2) is 0 Å². The van der Waals surface area contributed by atoms with E-state index in [1.54, 1.807) is 0 Å². The van der Waals surface area contributed by atoms with Crippen LogP contribution in [0.1, 0.15) is 20.3 Å². The van der Waals surface area contributed by atoms with Crippen molar-refractivity contribution in [1.29, 1.82) is 0 Å². The van der Waals surface area contributed by atoms with Crippen molar-refractivity contribution in [1.82, 2.24) is 5.32 Å². The first kappa shape index (κ1) is 7.92. The Labute approximate surface area is 66.5 Å². The fourth-order valence-corrected chi connectivity index (χ4v) is 1.76. The number of amidine groups is 1. The van der Waals surface area contributed by atoms with E-state index < -0.39 is 0 Å². The Balaban J connectivity index is 2.29. The maximum absolute atomic E-state index is 4.36. The predicted molar refractivity (Wildman–Crippen MR) is 47.6 cm³/mol. The van der Waals surface area contributed by atoms with Gasteiger partial charge in [0.25, 0.3) is 0 Å². The van der Waals surface area contributed by atoms with Crippen molar-refractivity contribution in [2.75, 3.05) is 12.3 Å². The molecule has 3 heteroatoms. The van der Waals surface area contributed by atoms with E-state index in [1.807, 2.05) is 11.8 Å². The number of hydrogen-bond donors (Lipinski definition) is 1. The molecule has 1 saturated heterocycles. The summed E-state index contributed by atoms with van der Waals surface area (Å²) in [6.07, 6.45) is 1.14. The first-order valence-corrected chi connectivity index (χ1v) is 4.75. The first-order valence-electron chi connectivity index (χ1n) is 3.76. The molecule has 0 saturated carbocycles. The van der Waals surface area contributed by atoms with Gasteiger partial charge in [0.1, 0.15) is 0 Å². The van der Waals surface area contributed by atoms with Crippen LogP contribution in [0, 0.1) is 0 Å². The molecule has 0 bridgehead atoms. The molecule has 0 radical (unpaired) electrons. The molecule has 1 fully saturated rings. The van der Waals surface area contributed by atoms with E-state index in [0.29, 0.717) is 6.04 Å². The quantitative estimate of drug-likeness (QED) is 0.658. The molecule has 0 aliphatic carbocycles. The van der Waals surface area contributed by atoms with E-state index in [-0.39, 0.29) is 0 Å². The van der Waals surface area contributed by atoms with E-state index in [9.17, 15) is 0 Å². The second-order valence-corrected chi connectivity index (χ2v) is 3.55. The molecule has 1 atom stereocenters. The van der Waals surface area contributed by atoms with E-state index >= 15 is 0 Å². The molecule has 2 nitrogen and oxygen atoms in total. The predicted octanol–water partition coefficient (Wildman–Crippen LogP) is 1.48. The van der Waals surface area contributed by atoms with Crippen LogP contribution >= 0.6 is 11.8 Å². The van der Waals surface area contributed by atoms with Crippen LogP contribution in [0.5, 0.6) is 0 Å². The molecule has 0 aromatic rings. The largest absolute Gasteiger partial charge is 0.362 e. The molecule has 0 aromatic heterocycles. The average molecular weight is 158 g/mol. The van der Waals surface area contributed by atoms with Crippen molar-refractivity contribution in [3.63, 3.8) is 0 Å². The third-order valence-electron chi connectivity index (χ3n) is 1.32. The van der Waals surface area contributed by atoms with Gasteiger partial charge in [-0.2, -0.15) is 0 Å². The summed E-state index contributed by atoms with van der Waals surface area (Å²) >= 11 is 1.83. The van der Waals surface area contributed by atoms with E-state index in [0.717, 1.165) is 18.1 Å². The van der Waals surface area contributed by atoms with Gasteiger partial charge in [0.15, 0.2) is 5.17 Å². The molecule has 0 spiro atoms. The van der Waals surface area contributed by atoms with Gasteiger partial charge in [0.05, 0.1) is 0 Å². The van der Waals surface area contributed by atoms with Gasteiger partial charge >= 0.3 is 0 Å². The van der Waals surface area contributed by atoms with Crippen LogP contribution in [0.2, 0.25) is 0 Å². The number of nitrogens with zero attached hydrogens (tertiary/aromatic N) is 1. The number of hydrogen-bond acceptors (Lipinski definition) is 2. The van der Waals surface area contributed by atoms with Crippen LogP contribution in [0.25, 0.3) is 0 Å². The summed E-state index contributed by atoms with van der Waals surface area (Å²) in [7, 11) is 0. The van der Waals surface area contributed by atoms with Crippen LogP contribution < -0.4 is 5.32 Å². The van der Waals surface area contributed by atoms with E-state index in [4.69, 9.17) is 0 Å². The Hall–Kier alpha value is -0.180. The van der Waals surface area contributed by atoms with Crippen molar-refractivity contribution < 1.29 is 0 Å². The van der Waals surface area contributed by atoms with Crippen LogP contribution in [0.15, 0.2) is 4.99 Å². The highest BCUT2D eigenvalue weighted by Crippen LogP contribution is 2.12. The maximum Gasteiger partial charge on any atom is 0.156 e. The molecule has 1 rings (SSSR count). The summed E-state index contributed by atoms with van der Waals surface area (Å²) in [5.74, 6) is 1.17. The Morgan fingerprint density at radius 3 is 3.10 bits per heavy atom. The van der Waals surface area contributed by atoms with Crippen LogP contribution in [0.4, 0.5) is 0 Å². The molecule has 0 amide bonds. The third-order valence-corrected chi connectivity index (χ3v) is 2.51. The van der Waals surface area contributed by atoms with Crippen molar-refractivity contribution in [2.45, 2.75) is 26.3 Å². The average Bonchev–Trinajstić information content (AvgIpc) is 2.31. The van der Waals surface area contributed by atoms with Gasteiger partial charge in [0, 0.05) is 18.3 Å². The zero-order valence-corrected chi connectivity index (χ0v) is 7.37. The van der Waals surface area contributed by atoms with Crippen LogP contribution in [0.3, 0.4) is 0 Å². The lowest BCUT2D eigenvalue weighted by molar-refractivity contribution is 0.763. The third kappa shape index (κ3) is 2.21. The van der Waals surface area contributed by atoms with Crippen LogP contribution in [-0.2, 0) is 0 Å². The minimum Gasteiger partial charge on any atom is -0.362 e. The SMILES string of the molecule is CCCN=C1NC(C)CS1. The van der Waals surface area contributed by atoms with Gasteiger partial charge in [-0.1, -0.05) is 18.7 Å². The van der Waals surface area contributed by atoms with Crippen LogP contribution in [-0.4, -0.2) is 23.5 Å². The standard InChI is InChI=1S/C7H14N2S/c1-3-4-8-7-9-6(2)5-10-7/h6H,3-5H2,1-2H3,(H,8,9). The van der Waals surface area contributed by atoms with Crippen molar-refractivity contribution in [3.8, 4) is 0 Å². The summed E-state index contributed by atoms with van der Waals surface area (Å²) in [4.78, 5) is 4.36. The van der Waals surface area contributed by atoms with E-state index in [1.165, 1.54) is 5.75 Å². The molecule has 0 aromatic carbocycles. The molecule has 1 N–H and O–H groups in total. The molecule has 1 unspecified atom stereocenters. The van der Waals surface area contributed by atoms with Gasteiger partial charge in [0.2, 0.25) is 0 Å². The number of thioether (sulfide) groups is 1. The lowest BCUT2D eigenvalue weighted by Crippen LogP contribution is -2.23. The Morgan fingerprint density at radius 2 is 2.60 bits per heavy atom. The highest BCUT2D eigenvalue weighted by atomic mass is 32.2. The Morgan fingerprint density at radius 1 is 1.80 bits per heavy atom. The number of nitrogens with one attached hydrogen (secondary N) is 1.